The Morgan fingerprint density at radius 2 is 1.94 bits per heavy atom. The molecule has 1 rings (SSSR count). The third kappa shape index (κ3) is 3.97. The number of rotatable bonds is 3. The summed E-state index contributed by atoms with van der Waals surface area (Å²) in [6.45, 7) is 8.46. The van der Waals surface area contributed by atoms with Crippen LogP contribution in [0, 0.1) is 12.3 Å². The Morgan fingerprint density at radius 1 is 1.31 bits per heavy atom. The standard InChI is InChI=1S/C13H21NOS/c1-10-9-11(14)5-6-12(10)16(15)8-7-13(2,3)4/h5-6,9H,7-8,14H2,1-4H3. The number of nitrogen functional groups attached to an aromatic ring is 1. The van der Waals surface area contributed by atoms with E-state index in [-0.39, 0.29) is 5.41 Å². The minimum atomic E-state index is -0.905. The topological polar surface area (TPSA) is 43.1 Å². The van der Waals surface area contributed by atoms with E-state index in [0.717, 1.165) is 22.6 Å². The molecule has 0 radical (unpaired) electrons. The molecule has 1 aromatic carbocycles. The van der Waals surface area contributed by atoms with Crippen molar-refractivity contribution < 1.29 is 4.21 Å². The molecule has 0 amide bonds. The number of nitrogens with two attached hydrogens (primary N) is 1. The molecule has 2 nitrogen and oxygen atoms in total. The summed E-state index contributed by atoms with van der Waals surface area (Å²) in [5, 5.41) is 0. The van der Waals surface area contributed by atoms with Gasteiger partial charge in [-0.25, -0.2) is 0 Å². The maximum absolute atomic E-state index is 12.1. The van der Waals surface area contributed by atoms with Crippen LogP contribution < -0.4 is 5.73 Å². The zero-order valence-corrected chi connectivity index (χ0v) is 11.4. The Bertz CT molecular complexity index is 393. The molecule has 0 saturated carbocycles. The van der Waals surface area contributed by atoms with Crippen LogP contribution in [0.1, 0.15) is 32.8 Å². The van der Waals surface area contributed by atoms with Crippen molar-refractivity contribution in [1.29, 1.82) is 0 Å². The first-order valence-electron chi connectivity index (χ1n) is 5.54. The zero-order valence-electron chi connectivity index (χ0n) is 10.5. The number of hydrogen-bond donors (Lipinski definition) is 1. The SMILES string of the molecule is Cc1cc(N)ccc1S(=O)CCC(C)(C)C. The summed E-state index contributed by atoms with van der Waals surface area (Å²) in [6, 6.07) is 5.57. The molecule has 0 fully saturated rings. The van der Waals surface area contributed by atoms with Crippen molar-refractivity contribution in [3.8, 4) is 0 Å². The third-order valence-electron chi connectivity index (χ3n) is 2.48. The van der Waals surface area contributed by atoms with Gasteiger partial charge in [0, 0.05) is 16.3 Å². The Labute approximate surface area is 101 Å². The van der Waals surface area contributed by atoms with Gasteiger partial charge >= 0.3 is 0 Å². The highest BCUT2D eigenvalue weighted by atomic mass is 32.2. The maximum atomic E-state index is 12.1. The molecule has 1 atom stereocenters. The molecule has 16 heavy (non-hydrogen) atoms. The van der Waals surface area contributed by atoms with Crippen LogP contribution in [0.4, 0.5) is 5.69 Å². The van der Waals surface area contributed by atoms with Crippen LogP contribution in [0.3, 0.4) is 0 Å². The lowest BCUT2D eigenvalue weighted by atomic mass is 9.94. The van der Waals surface area contributed by atoms with Gasteiger partial charge in [-0.2, -0.15) is 0 Å². The fraction of sp³-hybridized carbons (Fsp3) is 0.538. The second-order valence-electron chi connectivity index (χ2n) is 5.39. The van der Waals surface area contributed by atoms with E-state index >= 15 is 0 Å². The van der Waals surface area contributed by atoms with Gasteiger partial charge in [0.1, 0.15) is 0 Å². The van der Waals surface area contributed by atoms with Gasteiger partial charge in [0.05, 0.1) is 10.8 Å². The summed E-state index contributed by atoms with van der Waals surface area (Å²) in [7, 11) is -0.905. The Morgan fingerprint density at radius 3 is 2.44 bits per heavy atom. The van der Waals surface area contributed by atoms with Crippen LogP contribution >= 0.6 is 0 Å². The summed E-state index contributed by atoms with van der Waals surface area (Å²) < 4.78 is 12.1. The Balaban J connectivity index is 2.74. The van der Waals surface area contributed by atoms with Crippen molar-refractivity contribution >= 4 is 16.5 Å². The predicted molar refractivity (Wildman–Crippen MR) is 70.9 cm³/mol. The van der Waals surface area contributed by atoms with E-state index in [0.29, 0.717) is 5.75 Å². The minimum Gasteiger partial charge on any atom is -0.399 e. The molecule has 0 aliphatic rings. The molecule has 0 aliphatic heterocycles. The first-order chi connectivity index (χ1) is 7.29. The second-order valence-corrected chi connectivity index (χ2v) is 6.92. The molecular weight excluding hydrogens is 218 g/mol. The van der Waals surface area contributed by atoms with Crippen molar-refractivity contribution in [3.05, 3.63) is 23.8 Å². The largest absolute Gasteiger partial charge is 0.399 e. The fourth-order valence-corrected chi connectivity index (χ4v) is 3.09. The second kappa shape index (κ2) is 5.00. The van der Waals surface area contributed by atoms with E-state index in [9.17, 15) is 4.21 Å². The van der Waals surface area contributed by atoms with E-state index in [1.54, 1.807) is 0 Å². The maximum Gasteiger partial charge on any atom is 0.0532 e. The lowest BCUT2D eigenvalue weighted by Crippen LogP contribution is -2.11. The van der Waals surface area contributed by atoms with Crippen LogP contribution in [-0.2, 0) is 10.8 Å². The van der Waals surface area contributed by atoms with Crippen LogP contribution in [0.25, 0.3) is 0 Å². The van der Waals surface area contributed by atoms with Crippen molar-refractivity contribution in [2.45, 2.75) is 39.0 Å². The fourth-order valence-electron chi connectivity index (χ4n) is 1.44. The molecule has 1 aromatic rings. The summed E-state index contributed by atoms with van der Waals surface area (Å²) in [4.78, 5) is 0.915. The van der Waals surface area contributed by atoms with Gasteiger partial charge in [0.2, 0.25) is 0 Å². The average molecular weight is 239 g/mol. The predicted octanol–water partition coefficient (Wildman–Crippen LogP) is 3.12. The number of anilines is 1. The highest BCUT2D eigenvalue weighted by Crippen LogP contribution is 2.22. The average Bonchev–Trinajstić information content (AvgIpc) is 2.13. The van der Waals surface area contributed by atoms with Crippen molar-refractivity contribution in [1.82, 2.24) is 0 Å². The Kier molecular flexibility index (Phi) is 4.14. The lowest BCUT2D eigenvalue weighted by Gasteiger charge is -2.17. The summed E-state index contributed by atoms with van der Waals surface area (Å²) in [6.07, 6.45) is 0.962. The highest BCUT2D eigenvalue weighted by molar-refractivity contribution is 7.85. The number of aryl methyl sites for hydroxylation is 1. The summed E-state index contributed by atoms with van der Waals surface area (Å²) >= 11 is 0. The van der Waals surface area contributed by atoms with Crippen LogP contribution in [0.5, 0.6) is 0 Å². The monoisotopic (exact) mass is 239 g/mol. The third-order valence-corrected chi connectivity index (χ3v) is 4.01. The molecular formula is C13H21NOS. The molecule has 0 spiro atoms. The van der Waals surface area contributed by atoms with Crippen molar-refractivity contribution in [2.24, 2.45) is 5.41 Å². The van der Waals surface area contributed by atoms with E-state index < -0.39 is 10.8 Å². The van der Waals surface area contributed by atoms with Gasteiger partial charge in [0.25, 0.3) is 0 Å². The summed E-state index contributed by atoms with van der Waals surface area (Å²) in [5.74, 6) is 0.717. The smallest absolute Gasteiger partial charge is 0.0532 e. The molecule has 1 unspecified atom stereocenters. The lowest BCUT2D eigenvalue weighted by molar-refractivity contribution is 0.400. The highest BCUT2D eigenvalue weighted by Gasteiger charge is 2.14. The van der Waals surface area contributed by atoms with Gasteiger partial charge < -0.3 is 5.73 Å². The first-order valence-corrected chi connectivity index (χ1v) is 6.86. The minimum absolute atomic E-state index is 0.234. The van der Waals surface area contributed by atoms with Gasteiger partial charge in [0.15, 0.2) is 0 Å². The van der Waals surface area contributed by atoms with Crippen LogP contribution in [0.15, 0.2) is 23.1 Å². The zero-order chi connectivity index (χ0) is 12.3. The normalized spacial score (nSPS) is 13.8. The van der Waals surface area contributed by atoms with Gasteiger partial charge in [-0.15, -0.1) is 0 Å². The first kappa shape index (κ1) is 13.2. The van der Waals surface area contributed by atoms with E-state index in [4.69, 9.17) is 5.73 Å². The van der Waals surface area contributed by atoms with Gasteiger partial charge in [-0.1, -0.05) is 20.8 Å². The quantitative estimate of drug-likeness (QED) is 0.824. The van der Waals surface area contributed by atoms with Crippen LogP contribution in [-0.4, -0.2) is 9.96 Å². The van der Waals surface area contributed by atoms with Crippen molar-refractivity contribution in [3.63, 3.8) is 0 Å². The molecule has 0 bridgehead atoms. The molecule has 0 saturated heterocycles. The summed E-state index contributed by atoms with van der Waals surface area (Å²) in [5.41, 5.74) is 7.66. The molecule has 3 heteroatoms. The molecule has 0 heterocycles. The van der Waals surface area contributed by atoms with E-state index in [2.05, 4.69) is 20.8 Å². The molecule has 90 valence electrons. The molecule has 2 N–H and O–H groups in total. The molecule has 0 aliphatic carbocycles. The van der Waals surface area contributed by atoms with E-state index in [1.807, 2.05) is 25.1 Å². The van der Waals surface area contributed by atoms with Crippen LogP contribution in [0.2, 0.25) is 0 Å². The van der Waals surface area contributed by atoms with Crippen molar-refractivity contribution in [2.75, 3.05) is 11.5 Å². The van der Waals surface area contributed by atoms with Gasteiger partial charge in [-0.05, 0) is 42.5 Å². The number of benzene rings is 1. The van der Waals surface area contributed by atoms with Gasteiger partial charge in [-0.3, -0.25) is 4.21 Å². The van der Waals surface area contributed by atoms with E-state index in [1.165, 1.54) is 0 Å². The Hall–Kier alpha value is -0.830. The number of hydrogen-bond acceptors (Lipinski definition) is 2. The molecule has 0 aromatic heterocycles.